The summed E-state index contributed by atoms with van der Waals surface area (Å²) >= 11 is 6.00. The number of carbonyl (C=O) groups is 2. The number of halogens is 1. The lowest BCUT2D eigenvalue weighted by atomic mass is 10.1. The molecule has 2 aromatic carbocycles. The molecule has 0 fully saturated rings. The summed E-state index contributed by atoms with van der Waals surface area (Å²) in [6, 6.07) is 14.6. The third kappa shape index (κ3) is 5.33. The molecule has 0 aromatic heterocycles. The first-order valence-corrected chi connectivity index (χ1v) is 8.59. The highest BCUT2D eigenvalue weighted by Crippen LogP contribution is 2.16. The highest BCUT2D eigenvalue weighted by molar-refractivity contribution is 6.30. The van der Waals surface area contributed by atoms with Gasteiger partial charge in [-0.1, -0.05) is 53.6 Å². The van der Waals surface area contributed by atoms with Crippen LogP contribution in [0, 0.1) is 6.92 Å². The average molecular weight is 359 g/mol. The monoisotopic (exact) mass is 358 g/mol. The van der Waals surface area contributed by atoms with Gasteiger partial charge < -0.3 is 10.2 Å². The number of aryl methyl sites for hydroxylation is 1. The Morgan fingerprint density at radius 2 is 1.80 bits per heavy atom. The molecule has 0 heterocycles. The molecule has 2 aromatic rings. The third-order valence-corrected chi connectivity index (χ3v) is 4.33. The first kappa shape index (κ1) is 19.0. The Kier molecular flexibility index (Phi) is 6.59. The SMILES string of the molecule is CNC(=O)[C@H](C)N(Cc1cccc(C)c1)C(=O)Cc1cccc(Cl)c1. The second-order valence-electron chi connectivity index (χ2n) is 6.11. The van der Waals surface area contributed by atoms with Gasteiger partial charge in [0, 0.05) is 18.6 Å². The van der Waals surface area contributed by atoms with E-state index >= 15 is 0 Å². The molecule has 0 saturated heterocycles. The van der Waals surface area contributed by atoms with Crippen LogP contribution in [-0.4, -0.2) is 29.8 Å². The molecular formula is C20H23ClN2O2. The van der Waals surface area contributed by atoms with Gasteiger partial charge in [-0.2, -0.15) is 0 Å². The molecule has 0 aliphatic rings. The summed E-state index contributed by atoms with van der Waals surface area (Å²) < 4.78 is 0. The van der Waals surface area contributed by atoms with Crippen molar-refractivity contribution < 1.29 is 9.59 Å². The van der Waals surface area contributed by atoms with E-state index in [1.165, 1.54) is 0 Å². The van der Waals surface area contributed by atoms with Gasteiger partial charge in [0.2, 0.25) is 11.8 Å². The van der Waals surface area contributed by atoms with Gasteiger partial charge in [0.05, 0.1) is 6.42 Å². The van der Waals surface area contributed by atoms with Crippen LogP contribution in [0.25, 0.3) is 0 Å². The zero-order chi connectivity index (χ0) is 18.4. The van der Waals surface area contributed by atoms with Crippen molar-refractivity contribution in [2.24, 2.45) is 0 Å². The van der Waals surface area contributed by atoms with E-state index in [0.717, 1.165) is 16.7 Å². The molecule has 0 aliphatic heterocycles. The summed E-state index contributed by atoms with van der Waals surface area (Å²) in [7, 11) is 1.57. The third-order valence-electron chi connectivity index (χ3n) is 4.09. The predicted octanol–water partition coefficient (Wildman–Crippen LogP) is 3.35. The Hall–Kier alpha value is -2.33. The first-order valence-electron chi connectivity index (χ1n) is 8.21. The normalized spacial score (nSPS) is 11.7. The summed E-state index contributed by atoms with van der Waals surface area (Å²) in [4.78, 5) is 26.6. The molecule has 2 amide bonds. The van der Waals surface area contributed by atoms with Gasteiger partial charge >= 0.3 is 0 Å². The average Bonchev–Trinajstić information content (AvgIpc) is 2.58. The number of nitrogens with zero attached hydrogens (tertiary/aromatic N) is 1. The lowest BCUT2D eigenvalue weighted by Crippen LogP contribution is -2.47. The second kappa shape index (κ2) is 8.67. The van der Waals surface area contributed by atoms with E-state index in [1.54, 1.807) is 31.0 Å². The zero-order valence-electron chi connectivity index (χ0n) is 14.8. The smallest absolute Gasteiger partial charge is 0.242 e. The number of hydrogen-bond donors (Lipinski definition) is 1. The van der Waals surface area contributed by atoms with Gasteiger partial charge in [-0.25, -0.2) is 0 Å². The number of likely N-dealkylation sites (N-methyl/N-ethyl adjacent to an activating group) is 1. The van der Waals surface area contributed by atoms with Crippen molar-refractivity contribution >= 4 is 23.4 Å². The van der Waals surface area contributed by atoms with Crippen molar-refractivity contribution in [1.82, 2.24) is 10.2 Å². The Balaban J connectivity index is 2.23. The van der Waals surface area contributed by atoms with Gasteiger partial charge in [0.25, 0.3) is 0 Å². The fourth-order valence-corrected chi connectivity index (χ4v) is 2.93. The van der Waals surface area contributed by atoms with Crippen molar-refractivity contribution in [3.63, 3.8) is 0 Å². The van der Waals surface area contributed by atoms with Crippen LogP contribution >= 0.6 is 11.6 Å². The molecule has 5 heteroatoms. The highest BCUT2D eigenvalue weighted by Gasteiger charge is 2.25. The molecule has 4 nitrogen and oxygen atoms in total. The van der Waals surface area contributed by atoms with Crippen LogP contribution in [0.5, 0.6) is 0 Å². The van der Waals surface area contributed by atoms with Crippen LogP contribution in [-0.2, 0) is 22.6 Å². The van der Waals surface area contributed by atoms with Crippen molar-refractivity contribution in [3.8, 4) is 0 Å². The number of benzene rings is 2. The Bertz CT molecular complexity index is 761. The Labute approximate surface area is 153 Å². The molecule has 0 radical (unpaired) electrons. The summed E-state index contributed by atoms with van der Waals surface area (Å²) in [6.45, 7) is 4.13. The topological polar surface area (TPSA) is 49.4 Å². The molecule has 0 bridgehead atoms. The van der Waals surface area contributed by atoms with Crippen molar-refractivity contribution in [2.75, 3.05) is 7.05 Å². The Morgan fingerprint density at radius 1 is 1.12 bits per heavy atom. The lowest BCUT2D eigenvalue weighted by Gasteiger charge is -2.28. The number of nitrogens with one attached hydrogen (secondary N) is 1. The van der Waals surface area contributed by atoms with Gasteiger partial charge in [-0.15, -0.1) is 0 Å². The second-order valence-corrected chi connectivity index (χ2v) is 6.54. The summed E-state index contributed by atoms with van der Waals surface area (Å²) in [5.41, 5.74) is 2.94. The van der Waals surface area contributed by atoms with E-state index in [-0.39, 0.29) is 18.2 Å². The van der Waals surface area contributed by atoms with Gasteiger partial charge in [0.15, 0.2) is 0 Å². The molecule has 25 heavy (non-hydrogen) atoms. The van der Waals surface area contributed by atoms with E-state index in [1.807, 2.05) is 43.3 Å². The minimum atomic E-state index is -0.558. The molecule has 2 rings (SSSR count). The Morgan fingerprint density at radius 3 is 2.44 bits per heavy atom. The van der Waals surface area contributed by atoms with Crippen molar-refractivity contribution in [3.05, 3.63) is 70.2 Å². The number of rotatable bonds is 6. The van der Waals surface area contributed by atoms with E-state index in [4.69, 9.17) is 11.6 Å². The van der Waals surface area contributed by atoms with E-state index in [9.17, 15) is 9.59 Å². The maximum atomic E-state index is 12.9. The summed E-state index contributed by atoms with van der Waals surface area (Å²) in [6.07, 6.45) is 0.202. The van der Waals surface area contributed by atoms with Crippen LogP contribution in [0.3, 0.4) is 0 Å². The molecule has 0 aliphatic carbocycles. The molecule has 1 N–H and O–H groups in total. The van der Waals surface area contributed by atoms with Crippen LogP contribution < -0.4 is 5.32 Å². The molecule has 0 spiro atoms. The van der Waals surface area contributed by atoms with Crippen LogP contribution in [0.1, 0.15) is 23.6 Å². The van der Waals surface area contributed by atoms with Crippen LogP contribution in [0.2, 0.25) is 5.02 Å². The predicted molar refractivity (Wildman–Crippen MR) is 100 cm³/mol. The van der Waals surface area contributed by atoms with Crippen molar-refractivity contribution in [2.45, 2.75) is 32.9 Å². The first-order chi connectivity index (χ1) is 11.9. The minimum absolute atomic E-state index is 0.111. The summed E-state index contributed by atoms with van der Waals surface area (Å²) in [5, 5.41) is 3.21. The van der Waals surface area contributed by atoms with Crippen LogP contribution in [0.4, 0.5) is 0 Å². The number of hydrogen-bond acceptors (Lipinski definition) is 2. The van der Waals surface area contributed by atoms with E-state index in [2.05, 4.69) is 5.32 Å². The fourth-order valence-electron chi connectivity index (χ4n) is 2.72. The standard InChI is InChI=1S/C20H23ClN2O2/c1-14-6-4-8-17(10-14)13-23(15(2)20(25)22-3)19(24)12-16-7-5-9-18(21)11-16/h4-11,15H,12-13H2,1-3H3,(H,22,25)/t15-/m0/s1. The largest absolute Gasteiger partial charge is 0.357 e. The van der Waals surface area contributed by atoms with E-state index < -0.39 is 6.04 Å². The maximum absolute atomic E-state index is 12.9. The minimum Gasteiger partial charge on any atom is -0.357 e. The molecule has 0 unspecified atom stereocenters. The van der Waals surface area contributed by atoms with Gasteiger partial charge in [-0.05, 0) is 37.1 Å². The van der Waals surface area contributed by atoms with E-state index in [0.29, 0.717) is 11.6 Å². The molecule has 0 saturated carbocycles. The van der Waals surface area contributed by atoms with Gasteiger partial charge in [-0.3, -0.25) is 9.59 Å². The molecule has 1 atom stereocenters. The summed E-state index contributed by atoms with van der Waals surface area (Å²) in [5.74, 6) is -0.299. The lowest BCUT2D eigenvalue weighted by molar-refractivity contribution is -0.139. The maximum Gasteiger partial charge on any atom is 0.242 e. The van der Waals surface area contributed by atoms with Crippen LogP contribution in [0.15, 0.2) is 48.5 Å². The highest BCUT2D eigenvalue weighted by atomic mass is 35.5. The quantitative estimate of drug-likeness (QED) is 0.860. The van der Waals surface area contributed by atoms with Gasteiger partial charge in [0.1, 0.15) is 6.04 Å². The van der Waals surface area contributed by atoms with Crippen molar-refractivity contribution in [1.29, 1.82) is 0 Å². The fraction of sp³-hybridized carbons (Fsp3) is 0.300. The number of amides is 2. The molecule has 132 valence electrons. The number of carbonyl (C=O) groups excluding carboxylic acids is 2. The zero-order valence-corrected chi connectivity index (χ0v) is 15.5. The molecular weight excluding hydrogens is 336 g/mol.